The van der Waals surface area contributed by atoms with Gasteiger partial charge in [0.15, 0.2) is 5.78 Å². The Kier molecular flexibility index (Phi) is 4.07. The molecule has 1 aromatic rings. The van der Waals surface area contributed by atoms with Crippen molar-refractivity contribution in [1.29, 1.82) is 0 Å². The number of ketones is 1. The number of aromatic nitrogens is 1. The molecule has 3 nitrogen and oxygen atoms in total. The summed E-state index contributed by atoms with van der Waals surface area (Å²) in [5.41, 5.74) is 0.965. The van der Waals surface area contributed by atoms with E-state index < -0.39 is 0 Å². The van der Waals surface area contributed by atoms with E-state index in [0.29, 0.717) is 13.0 Å². The van der Waals surface area contributed by atoms with E-state index in [2.05, 4.69) is 26.2 Å². The van der Waals surface area contributed by atoms with Gasteiger partial charge in [-0.25, -0.2) is 0 Å². The third-order valence-corrected chi connectivity index (χ3v) is 3.05. The van der Waals surface area contributed by atoms with Gasteiger partial charge >= 0.3 is 0 Å². The second-order valence-electron chi connectivity index (χ2n) is 4.30. The maximum absolute atomic E-state index is 11.6. The van der Waals surface area contributed by atoms with Crippen molar-refractivity contribution in [2.45, 2.75) is 19.3 Å². The lowest BCUT2D eigenvalue weighted by Gasteiger charge is -2.03. The number of nitrogens with zero attached hydrogens (tertiary/aromatic N) is 1. The Morgan fingerprint density at radius 2 is 2.31 bits per heavy atom. The molecule has 1 N–H and O–H groups in total. The van der Waals surface area contributed by atoms with E-state index in [4.69, 9.17) is 0 Å². The monoisotopic (exact) mass is 282 g/mol. The molecule has 0 radical (unpaired) electrons. The van der Waals surface area contributed by atoms with Crippen molar-refractivity contribution in [1.82, 2.24) is 10.3 Å². The van der Waals surface area contributed by atoms with Crippen LogP contribution in [0.3, 0.4) is 0 Å². The van der Waals surface area contributed by atoms with E-state index in [9.17, 15) is 4.79 Å². The molecular weight excluding hydrogens is 268 g/mol. The van der Waals surface area contributed by atoms with E-state index in [1.165, 1.54) is 12.8 Å². The van der Waals surface area contributed by atoms with Gasteiger partial charge in [-0.1, -0.05) is 0 Å². The first-order valence-electron chi connectivity index (χ1n) is 5.56. The van der Waals surface area contributed by atoms with Crippen molar-refractivity contribution in [2.75, 3.05) is 13.1 Å². The predicted molar refractivity (Wildman–Crippen MR) is 66.2 cm³/mol. The lowest BCUT2D eigenvalue weighted by molar-refractivity contribution is -0.117. The number of Topliss-reactive ketones (excluding diaryl/α,β-unsaturated/α-hetero) is 1. The van der Waals surface area contributed by atoms with E-state index in [0.717, 1.165) is 22.5 Å². The Hall–Kier alpha value is -0.740. The normalized spacial score (nSPS) is 15.1. The highest BCUT2D eigenvalue weighted by Crippen LogP contribution is 2.27. The molecule has 1 aromatic heterocycles. The quantitative estimate of drug-likeness (QED) is 0.867. The zero-order chi connectivity index (χ0) is 11.4. The van der Waals surface area contributed by atoms with Crippen molar-refractivity contribution < 1.29 is 4.79 Å². The molecule has 1 heterocycles. The molecule has 0 spiro atoms. The molecule has 0 aromatic carbocycles. The number of carbonyl (C=O) groups is 1. The van der Waals surface area contributed by atoms with Crippen LogP contribution >= 0.6 is 15.9 Å². The predicted octanol–water partition coefficient (Wildman–Crippen LogP) is 1.96. The van der Waals surface area contributed by atoms with Crippen molar-refractivity contribution in [2.24, 2.45) is 5.92 Å². The first-order valence-corrected chi connectivity index (χ1v) is 6.35. The lowest BCUT2D eigenvalue weighted by Crippen LogP contribution is -2.26. The number of halogens is 1. The van der Waals surface area contributed by atoms with Crippen molar-refractivity contribution >= 4 is 21.7 Å². The van der Waals surface area contributed by atoms with Crippen molar-refractivity contribution in [3.8, 4) is 0 Å². The Morgan fingerprint density at radius 3 is 3.00 bits per heavy atom. The number of pyridine rings is 1. The summed E-state index contributed by atoms with van der Waals surface area (Å²) < 4.78 is 0.920. The number of rotatable bonds is 6. The van der Waals surface area contributed by atoms with Crippen molar-refractivity contribution in [3.63, 3.8) is 0 Å². The molecule has 0 amide bonds. The smallest absolute Gasteiger partial charge is 0.151 e. The van der Waals surface area contributed by atoms with Crippen LogP contribution in [0.15, 0.2) is 22.9 Å². The fraction of sp³-hybridized carbons (Fsp3) is 0.500. The van der Waals surface area contributed by atoms with E-state index in [-0.39, 0.29) is 5.78 Å². The summed E-state index contributed by atoms with van der Waals surface area (Å²) in [6.45, 7) is 1.46. The first kappa shape index (κ1) is 11.7. The van der Waals surface area contributed by atoms with Gasteiger partial charge in [0.1, 0.15) is 0 Å². The SMILES string of the molecule is O=C(CNCC1CC1)Cc1cncc(Br)c1. The minimum absolute atomic E-state index is 0.223. The van der Waals surface area contributed by atoms with Gasteiger partial charge in [0, 0.05) is 23.3 Å². The van der Waals surface area contributed by atoms with Gasteiger partial charge in [-0.2, -0.15) is 0 Å². The number of hydrogen-bond acceptors (Lipinski definition) is 3. The van der Waals surface area contributed by atoms with Gasteiger partial charge < -0.3 is 5.32 Å². The molecule has 1 aliphatic carbocycles. The summed E-state index contributed by atoms with van der Waals surface area (Å²) in [6.07, 6.45) is 6.56. The molecular formula is C12H15BrN2O. The Morgan fingerprint density at radius 1 is 1.50 bits per heavy atom. The van der Waals surface area contributed by atoms with Gasteiger partial charge in [-0.3, -0.25) is 9.78 Å². The molecule has 16 heavy (non-hydrogen) atoms. The second-order valence-corrected chi connectivity index (χ2v) is 5.22. The highest BCUT2D eigenvalue weighted by Gasteiger charge is 2.20. The van der Waals surface area contributed by atoms with Gasteiger partial charge in [0.05, 0.1) is 6.54 Å². The van der Waals surface area contributed by atoms with Gasteiger partial charge in [-0.15, -0.1) is 0 Å². The van der Waals surface area contributed by atoms with E-state index >= 15 is 0 Å². The van der Waals surface area contributed by atoms with Gasteiger partial charge in [-0.05, 0) is 52.9 Å². The fourth-order valence-corrected chi connectivity index (χ4v) is 1.99. The number of hydrogen-bond donors (Lipinski definition) is 1. The average Bonchev–Trinajstić information content (AvgIpc) is 3.01. The van der Waals surface area contributed by atoms with Gasteiger partial charge in [0.25, 0.3) is 0 Å². The topological polar surface area (TPSA) is 42.0 Å². The summed E-state index contributed by atoms with van der Waals surface area (Å²) in [6, 6.07) is 1.94. The Bertz CT molecular complexity index is 377. The molecule has 0 saturated heterocycles. The molecule has 0 aliphatic heterocycles. The molecule has 0 unspecified atom stereocenters. The van der Waals surface area contributed by atoms with E-state index in [1.54, 1.807) is 12.4 Å². The van der Waals surface area contributed by atoms with Crippen LogP contribution < -0.4 is 5.32 Å². The zero-order valence-corrected chi connectivity index (χ0v) is 10.7. The minimum atomic E-state index is 0.223. The summed E-state index contributed by atoms with van der Waals surface area (Å²) in [5, 5.41) is 3.20. The Labute approximate surface area is 104 Å². The van der Waals surface area contributed by atoms with E-state index in [1.807, 2.05) is 6.07 Å². The number of nitrogens with one attached hydrogen (secondary N) is 1. The molecule has 0 bridgehead atoms. The average molecular weight is 283 g/mol. The highest BCUT2D eigenvalue weighted by molar-refractivity contribution is 9.10. The third-order valence-electron chi connectivity index (χ3n) is 2.61. The van der Waals surface area contributed by atoms with Crippen LogP contribution in [0, 0.1) is 5.92 Å². The van der Waals surface area contributed by atoms with Crippen LogP contribution in [0.2, 0.25) is 0 Å². The lowest BCUT2D eigenvalue weighted by atomic mass is 10.1. The van der Waals surface area contributed by atoms with Crippen LogP contribution in [0.4, 0.5) is 0 Å². The largest absolute Gasteiger partial charge is 0.310 e. The molecule has 1 saturated carbocycles. The molecule has 2 rings (SSSR count). The third kappa shape index (κ3) is 4.02. The summed E-state index contributed by atoms with van der Waals surface area (Å²) >= 11 is 3.34. The fourth-order valence-electron chi connectivity index (χ4n) is 1.58. The van der Waals surface area contributed by atoms with Crippen LogP contribution in [-0.4, -0.2) is 23.9 Å². The van der Waals surface area contributed by atoms with Crippen LogP contribution in [0.25, 0.3) is 0 Å². The Balaban J connectivity index is 1.73. The molecule has 1 fully saturated rings. The summed E-state index contributed by atoms with van der Waals surface area (Å²) in [4.78, 5) is 15.7. The minimum Gasteiger partial charge on any atom is -0.310 e. The maximum atomic E-state index is 11.6. The van der Waals surface area contributed by atoms with Crippen LogP contribution in [-0.2, 0) is 11.2 Å². The van der Waals surface area contributed by atoms with Crippen LogP contribution in [0.5, 0.6) is 0 Å². The zero-order valence-electron chi connectivity index (χ0n) is 9.08. The molecule has 86 valence electrons. The number of carbonyl (C=O) groups excluding carboxylic acids is 1. The summed E-state index contributed by atoms with van der Waals surface area (Å²) in [5.74, 6) is 1.04. The molecule has 1 aliphatic rings. The van der Waals surface area contributed by atoms with Gasteiger partial charge in [0.2, 0.25) is 0 Å². The highest BCUT2D eigenvalue weighted by atomic mass is 79.9. The molecule has 4 heteroatoms. The summed E-state index contributed by atoms with van der Waals surface area (Å²) in [7, 11) is 0. The van der Waals surface area contributed by atoms with Crippen LogP contribution in [0.1, 0.15) is 18.4 Å². The maximum Gasteiger partial charge on any atom is 0.151 e. The molecule has 0 atom stereocenters. The first-order chi connectivity index (χ1) is 7.74. The standard InChI is InChI=1S/C12H15BrN2O/c13-11-3-10(6-14-7-11)4-12(16)8-15-5-9-1-2-9/h3,6-7,9,15H,1-2,4-5,8H2. The van der Waals surface area contributed by atoms with Crippen molar-refractivity contribution in [3.05, 3.63) is 28.5 Å². The second kappa shape index (κ2) is 5.55.